The summed E-state index contributed by atoms with van der Waals surface area (Å²) in [6.45, 7) is 3.30. The molecular formula is C23H27N5O4. The van der Waals surface area contributed by atoms with E-state index in [-0.39, 0.29) is 11.9 Å². The van der Waals surface area contributed by atoms with Crippen LogP contribution in [-0.4, -0.2) is 60.8 Å². The minimum Gasteiger partial charge on any atom is -0.383 e. The smallest absolute Gasteiger partial charge is 0.321 e. The Labute approximate surface area is 186 Å². The van der Waals surface area contributed by atoms with E-state index >= 15 is 0 Å². The predicted octanol–water partition coefficient (Wildman–Crippen LogP) is 3.13. The number of hydrogen-bond acceptors (Lipinski definition) is 6. The number of ether oxygens (including phenoxy) is 1. The van der Waals surface area contributed by atoms with E-state index in [1.54, 1.807) is 43.3 Å². The fourth-order valence-electron chi connectivity index (χ4n) is 2.92. The maximum Gasteiger partial charge on any atom is 0.321 e. The number of nitrogens with one attached hydrogen (secondary N) is 2. The first-order valence-electron chi connectivity index (χ1n) is 10.2. The highest BCUT2D eigenvalue weighted by molar-refractivity contribution is 5.94. The second-order valence-corrected chi connectivity index (χ2v) is 7.31. The summed E-state index contributed by atoms with van der Waals surface area (Å²) < 4.78 is 10.3. The van der Waals surface area contributed by atoms with Crippen molar-refractivity contribution in [3.05, 3.63) is 65.5 Å². The third-order valence-electron chi connectivity index (χ3n) is 4.74. The molecule has 9 heteroatoms. The Morgan fingerprint density at radius 1 is 1.16 bits per heavy atom. The number of urea groups is 1. The summed E-state index contributed by atoms with van der Waals surface area (Å²) in [7, 11) is 3.29. The molecule has 0 radical (unpaired) electrons. The Kier molecular flexibility index (Phi) is 7.93. The van der Waals surface area contributed by atoms with Crippen LogP contribution >= 0.6 is 0 Å². The van der Waals surface area contributed by atoms with Crippen LogP contribution in [-0.2, 0) is 11.2 Å². The molecule has 0 aliphatic heterocycles. The van der Waals surface area contributed by atoms with E-state index in [1.165, 1.54) is 0 Å². The molecule has 0 aliphatic carbocycles. The highest BCUT2D eigenvalue weighted by Gasteiger charge is 2.13. The van der Waals surface area contributed by atoms with E-state index in [4.69, 9.17) is 9.26 Å². The lowest BCUT2D eigenvalue weighted by molar-refractivity contribution is 0.0937. The zero-order valence-electron chi connectivity index (χ0n) is 18.4. The molecule has 1 aromatic heterocycles. The molecule has 0 saturated carbocycles. The van der Waals surface area contributed by atoms with Crippen molar-refractivity contribution < 1.29 is 18.8 Å². The number of likely N-dealkylation sites (N-methyl/N-ethyl adjacent to an activating group) is 1. The first-order chi connectivity index (χ1) is 15.5. The fraction of sp³-hybridized carbons (Fsp3) is 0.304. The van der Waals surface area contributed by atoms with Crippen LogP contribution in [0.15, 0.2) is 53.1 Å². The van der Waals surface area contributed by atoms with Crippen LogP contribution in [0.25, 0.3) is 11.5 Å². The van der Waals surface area contributed by atoms with Gasteiger partial charge in [-0.3, -0.25) is 4.79 Å². The van der Waals surface area contributed by atoms with Gasteiger partial charge in [-0.1, -0.05) is 17.3 Å². The normalized spacial score (nSPS) is 10.6. The summed E-state index contributed by atoms with van der Waals surface area (Å²) in [5.41, 5.74) is 3.07. The number of carbonyl (C=O) groups is 2. The van der Waals surface area contributed by atoms with Gasteiger partial charge in [-0.15, -0.1) is 0 Å². The van der Waals surface area contributed by atoms with Crippen molar-refractivity contribution in [1.82, 2.24) is 20.4 Å². The maximum atomic E-state index is 12.4. The molecule has 2 N–H and O–H groups in total. The van der Waals surface area contributed by atoms with Gasteiger partial charge in [0.1, 0.15) is 0 Å². The lowest BCUT2D eigenvalue weighted by atomic mass is 10.1. The lowest BCUT2D eigenvalue weighted by Gasteiger charge is -2.17. The van der Waals surface area contributed by atoms with Crippen molar-refractivity contribution in [3.8, 4) is 11.5 Å². The number of carbonyl (C=O) groups excluding carboxylic acids is 2. The van der Waals surface area contributed by atoms with Crippen LogP contribution in [0.1, 0.15) is 21.7 Å². The topological polar surface area (TPSA) is 110 Å². The van der Waals surface area contributed by atoms with Crippen molar-refractivity contribution in [2.75, 3.05) is 39.2 Å². The van der Waals surface area contributed by atoms with E-state index in [0.717, 1.165) is 11.3 Å². The molecule has 2 aromatic carbocycles. The van der Waals surface area contributed by atoms with E-state index in [2.05, 4.69) is 20.8 Å². The van der Waals surface area contributed by atoms with Gasteiger partial charge in [0.2, 0.25) is 0 Å². The number of hydrogen-bond donors (Lipinski definition) is 2. The van der Waals surface area contributed by atoms with Crippen molar-refractivity contribution >= 4 is 17.6 Å². The highest BCUT2D eigenvalue weighted by Crippen LogP contribution is 2.18. The summed E-state index contributed by atoms with van der Waals surface area (Å²) in [5.74, 6) is 0.682. The third-order valence-corrected chi connectivity index (χ3v) is 4.74. The fourth-order valence-corrected chi connectivity index (χ4v) is 2.92. The monoisotopic (exact) mass is 437 g/mol. The van der Waals surface area contributed by atoms with Crippen LogP contribution in [0.4, 0.5) is 10.5 Å². The first-order valence-corrected chi connectivity index (χ1v) is 10.2. The Morgan fingerprint density at radius 2 is 1.94 bits per heavy atom. The van der Waals surface area contributed by atoms with Crippen LogP contribution in [0.3, 0.4) is 0 Å². The summed E-state index contributed by atoms with van der Waals surface area (Å²) in [6.07, 6.45) is 0.446. The lowest BCUT2D eigenvalue weighted by Crippen LogP contribution is -2.33. The molecule has 0 atom stereocenters. The van der Waals surface area contributed by atoms with Crippen molar-refractivity contribution in [1.29, 1.82) is 0 Å². The van der Waals surface area contributed by atoms with Crippen molar-refractivity contribution in [2.45, 2.75) is 13.3 Å². The Bertz CT molecular complexity index is 1050. The first kappa shape index (κ1) is 23.0. The summed E-state index contributed by atoms with van der Waals surface area (Å²) >= 11 is 0. The molecule has 32 heavy (non-hydrogen) atoms. The van der Waals surface area contributed by atoms with Gasteiger partial charge in [0.15, 0.2) is 5.82 Å². The van der Waals surface area contributed by atoms with E-state index in [0.29, 0.717) is 49.0 Å². The molecule has 3 rings (SSSR count). The molecule has 3 amide bonds. The zero-order chi connectivity index (χ0) is 22.9. The van der Waals surface area contributed by atoms with Gasteiger partial charge in [-0.05, 0) is 48.9 Å². The quantitative estimate of drug-likeness (QED) is 0.498. The summed E-state index contributed by atoms with van der Waals surface area (Å²) in [4.78, 5) is 30.4. The van der Waals surface area contributed by atoms with Crippen LogP contribution in [0.2, 0.25) is 0 Å². The van der Waals surface area contributed by atoms with Crippen LogP contribution in [0, 0.1) is 6.92 Å². The molecule has 0 unspecified atom stereocenters. The number of nitrogens with zero attached hydrogens (tertiary/aromatic N) is 3. The van der Waals surface area contributed by atoms with Crippen molar-refractivity contribution in [3.63, 3.8) is 0 Å². The number of benzene rings is 2. The van der Waals surface area contributed by atoms with Gasteiger partial charge in [0.25, 0.3) is 11.8 Å². The van der Waals surface area contributed by atoms with E-state index in [1.807, 2.05) is 31.2 Å². The largest absolute Gasteiger partial charge is 0.383 e. The molecule has 0 bridgehead atoms. The third kappa shape index (κ3) is 6.39. The number of methoxy groups -OCH3 is 1. The molecule has 3 aromatic rings. The van der Waals surface area contributed by atoms with E-state index in [9.17, 15) is 9.59 Å². The maximum absolute atomic E-state index is 12.4. The van der Waals surface area contributed by atoms with Crippen molar-refractivity contribution in [2.24, 2.45) is 0 Å². The minimum atomic E-state index is -0.210. The molecule has 168 valence electrons. The molecule has 9 nitrogen and oxygen atoms in total. The number of aromatic nitrogens is 2. The summed E-state index contributed by atoms with van der Waals surface area (Å²) in [6, 6.07) is 14.3. The van der Waals surface area contributed by atoms with Gasteiger partial charge in [-0.2, -0.15) is 4.98 Å². The molecule has 0 saturated heterocycles. The SMILES string of the molecule is COCCNC(=O)c1ccc(-c2nc(CCN(C)C(=O)Nc3cccc(C)c3)no2)cc1. The molecular weight excluding hydrogens is 410 g/mol. The summed E-state index contributed by atoms with van der Waals surface area (Å²) in [5, 5.41) is 9.62. The minimum absolute atomic E-state index is 0.174. The highest BCUT2D eigenvalue weighted by atomic mass is 16.5. The van der Waals surface area contributed by atoms with Gasteiger partial charge >= 0.3 is 6.03 Å². The number of amides is 3. The second kappa shape index (κ2) is 11.1. The zero-order valence-corrected chi connectivity index (χ0v) is 18.4. The van der Waals surface area contributed by atoms with Crippen LogP contribution < -0.4 is 10.6 Å². The predicted molar refractivity (Wildman–Crippen MR) is 120 cm³/mol. The average Bonchev–Trinajstić information content (AvgIpc) is 3.26. The van der Waals surface area contributed by atoms with Crippen LogP contribution in [0.5, 0.6) is 0 Å². The number of rotatable bonds is 9. The second-order valence-electron chi connectivity index (χ2n) is 7.31. The number of aryl methyl sites for hydroxylation is 1. The standard InChI is InChI=1S/C23H27N5O4/c1-16-5-4-6-19(15-16)25-23(30)28(2)13-11-20-26-22(32-27-20)18-9-7-17(8-10-18)21(29)24-12-14-31-3/h4-10,15H,11-14H2,1-3H3,(H,24,29)(H,25,30). The average molecular weight is 438 g/mol. The molecule has 0 aliphatic rings. The number of anilines is 1. The van der Waals surface area contributed by atoms with Gasteiger partial charge in [0.05, 0.1) is 6.61 Å². The van der Waals surface area contributed by atoms with Gasteiger partial charge in [-0.25, -0.2) is 4.79 Å². The molecule has 1 heterocycles. The van der Waals surface area contributed by atoms with E-state index < -0.39 is 0 Å². The molecule has 0 fully saturated rings. The Hall–Kier alpha value is -3.72. The van der Waals surface area contributed by atoms with Gasteiger partial charge < -0.3 is 24.8 Å². The Morgan fingerprint density at radius 3 is 2.66 bits per heavy atom. The Balaban J connectivity index is 1.52. The molecule has 0 spiro atoms. The van der Waals surface area contributed by atoms with Gasteiger partial charge in [0, 0.05) is 50.5 Å².